The van der Waals surface area contributed by atoms with Gasteiger partial charge in [-0.1, -0.05) is 27.7 Å². The molecule has 0 bridgehead atoms. The van der Waals surface area contributed by atoms with Gasteiger partial charge in [0.25, 0.3) is 0 Å². The Bertz CT molecular complexity index is 319. The molecule has 1 N–H and O–H groups in total. The van der Waals surface area contributed by atoms with Gasteiger partial charge in [-0.2, -0.15) is 5.10 Å². The highest BCUT2D eigenvalue weighted by atomic mass is 15.3. The van der Waals surface area contributed by atoms with Gasteiger partial charge < -0.3 is 5.32 Å². The SMILES string of the molecule is CCNCC(C)(Cc1ncnn1C)C(C)C. The van der Waals surface area contributed by atoms with Crippen LogP contribution < -0.4 is 5.32 Å². The average Bonchev–Trinajstić information content (AvgIpc) is 2.61. The van der Waals surface area contributed by atoms with Crippen molar-refractivity contribution >= 4 is 0 Å². The first-order valence-electron chi connectivity index (χ1n) is 6.03. The minimum atomic E-state index is 0.233. The molecule has 1 aromatic rings. The highest BCUT2D eigenvalue weighted by Crippen LogP contribution is 2.29. The summed E-state index contributed by atoms with van der Waals surface area (Å²) in [5, 5.41) is 7.57. The van der Waals surface area contributed by atoms with E-state index in [1.54, 1.807) is 6.33 Å². The number of aromatic nitrogens is 3. The lowest BCUT2D eigenvalue weighted by atomic mass is 9.76. The van der Waals surface area contributed by atoms with Gasteiger partial charge in [0.1, 0.15) is 12.2 Å². The Balaban J connectivity index is 2.75. The second kappa shape index (κ2) is 5.43. The van der Waals surface area contributed by atoms with Crippen molar-refractivity contribution in [2.45, 2.75) is 34.1 Å². The molecule has 0 radical (unpaired) electrons. The summed E-state index contributed by atoms with van der Waals surface area (Å²) in [5.74, 6) is 1.68. The lowest BCUT2D eigenvalue weighted by Gasteiger charge is -2.33. The number of hydrogen-bond acceptors (Lipinski definition) is 3. The Morgan fingerprint density at radius 1 is 1.50 bits per heavy atom. The summed E-state index contributed by atoms with van der Waals surface area (Å²) in [6.07, 6.45) is 2.59. The molecular weight excluding hydrogens is 200 g/mol. The van der Waals surface area contributed by atoms with Crippen molar-refractivity contribution in [3.63, 3.8) is 0 Å². The first kappa shape index (κ1) is 13.2. The normalized spacial score (nSPS) is 15.4. The van der Waals surface area contributed by atoms with Gasteiger partial charge in [0.2, 0.25) is 0 Å². The predicted molar refractivity (Wildman–Crippen MR) is 66.2 cm³/mol. The second-order valence-corrected chi connectivity index (χ2v) is 5.07. The van der Waals surface area contributed by atoms with Crippen LogP contribution in [-0.2, 0) is 13.5 Å². The minimum absolute atomic E-state index is 0.233. The number of hydrogen-bond donors (Lipinski definition) is 1. The van der Waals surface area contributed by atoms with E-state index < -0.39 is 0 Å². The molecule has 0 saturated heterocycles. The highest BCUT2D eigenvalue weighted by Gasteiger charge is 2.29. The van der Waals surface area contributed by atoms with Gasteiger partial charge in [0.15, 0.2) is 0 Å². The van der Waals surface area contributed by atoms with Crippen LogP contribution in [0.4, 0.5) is 0 Å². The van der Waals surface area contributed by atoms with Gasteiger partial charge in [-0.15, -0.1) is 0 Å². The number of nitrogens with one attached hydrogen (secondary N) is 1. The highest BCUT2D eigenvalue weighted by molar-refractivity contribution is 4.94. The molecule has 0 aliphatic carbocycles. The maximum atomic E-state index is 4.32. The van der Waals surface area contributed by atoms with Crippen LogP contribution >= 0.6 is 0 Å². The summed E-state index contributed by atoms with van der Waals surface area (Å²) in [4.78, 5) is 4.32. The van der Waals surface area contributed by atoms with Gasteiger partial charge in [-0.05, 0) is 17.9 Å². The molecule has 16 heavy (non-hydrogen) atoms. The largest absolute Gasteiger partial charge is 0.316 e. The first-order valence-corrected chi connectivity index (χ1v) is 6.03. The molecule has 0 spiro atoms. The third-order valence-corrected chi connectivity index (χ3v) is 3.54. The first-order chi connectivity index (χ1) is 7.49. The molecule has 1 unspecified atom stereocenters. The zero-order chi connectivity index (χ0) is 12.2. The lowest BCUT2D eigenvalue weighted by Crippen LogP contribution is -2.38. The van der Waals surface area contributed by atoms with Crippen LogP contribution in [0.15, 0.2) is 6.33 Å². The van der Waals surface area contributed by atoms with Crippen molar-refractivity contribution < 1.29 is 0 Å². The molecule has 0 aliphatic rings. The van der Waals surface area contributed by atoms with Gasteiger partial charge in [0.05, 0.1) is 0 Å². The third-order valence-electron chi connectivity index (χ3n) is 3.54. The van der Waals surface area contributed by atoms with Crippen LogP contribution in [-0.4, -0.2) is 27.9 Å². The van der Waals surface area contributed by atoms with Gasteiger partial charge >= 0.3 is 0 Å². The van der Waals surface area contributed by atoms with E-state index in [0.29, 0.717) is 5.92 Å². The van der Waals surface area contributed by atoms with E-state index in [4.69, 9.17) is 0 Å². The zero-order valence-corrected chi connectivity index (χ0v) is 11.1. The van der Waals surface area contributed by atoms with Crippen LogP contribution in [0.2, 0.25) is 0 Å². The van der Waals surface area contributed by atoms with E-state index in [-0.39, 0.29) is 5.41 Å². The van der Waals surface area contributed by atoms with Gasteiger partial charge in [0, 0.05) is 20.0 Å². The maximum Gasteiger partial charge on any atom is 0.138 e. The van der Waals surface area contributed by atoms with Crippen LogP contribution in [0.5, 0.6) is 0 Å². The molecule has 92 valence electrons. The number of aryl methyl sites for hydroxylation is 1. The van der Waals surface area contributed by atoms with E-state index in [0.717, 1.165) is 25.3 Å². The molecule has 0 aromatic carbocycles. The fourth-order valence-electron chi connectivity index (χ4n) is 1.72. The van der Waals surface area contributed by atoms with E-state index in [9.17, 15) is 0 Å². The maximum absolute atomic E-state index is 4.32. The van der Waals surface area contributed by atoms with Crippen molar-refractivity contribution in [3.8, 4) is 0 Å². The van der Waals surface area contributed by atoms with E-state index in [1.807, 2.05) is 11.7 Å². The van der Waals surface area contributed by atoms with Crippen LogP contribution in [0, 0.1) is 11.3 Å². The van der Waals surface area contributed by atoms with Crippen LogP contribution in [0.25, 0.3) is 0 Å². The summed E-state index contributed by atoms with van der Waals surface area (Å²) in [6.45, 7) is 11.0. The standard InChI is InChI=1S/C12H24N4/c1-6-13-8-12(4,10(2)3)7-11-14-9-15-16(11)5/h9-10,13H,6-8H2,1-5H3. The number of nitrogens with zero attached hydrogens (tertiary/aromatic N) is 3. The third kappa shape index (κ3) is 3.04. The Kier molecular flexibility index (Phi) is 4.47. The quantitative estimate of drug-likeness (QED) is 0.798. The van der Waals surface area contributed by atoms with Crippen LogP contribution in [0.1, 0.15) is 33.5 Å². The predicted octanol–water partition coefficient (Wildman–Crippen LogP) is 1.63. The molecule has 0 fully saturated rings. The molecule has 4 nitrogen and oxygen atoms in total. The average molecular weight is 224 g/mol. The van der Waals surface area contributed by atoms with E-state index >= 15 is 0 Å². The lowest BCUT2D eigenvalue weighted by molar-refractivity contribution is 0.202. The topological polar surface area (TPSA) is 42.7 Å². The van der Waals surface area contributed by atoms with Gasteiger partial charge in [-0.25, -0.2) is 4.98 Å². The summed E-state index contributed by atoms with van der Waals surface area (Å²) in [6, 6.07) is 0. The van der Waals surface area contributed by atoms with Crippen molar-refractivity contribution in [1.29, 1.82) is 0 Å². The smallest absolute Gasteiger partial charge is 0.138 e. The Hall–Kier alpha value is -0.900. The fourth-order valence-corrected chi connectivity index (χ4v) is 1.72. The molecule has 0 aliphatic heterocycles. The number of rotatable bonds is 6. The van der Waals surface area contributed by atoms with Crippen molar-refractivity contribution in [3.05, 3.63) is 12.2 Å². The Morgan fingerprint density at radius 3 is 2.62 bits per heavy atom. The zero-order valence-electron chi connectivity index (χ0n) is 11.1. The Morgan fingerprint density at radius 2 is 2.19 bits per heavy atom. The minimum Gasteiger partial charge on any atom is -0.316 e. The molecule has 1 rings (SSSR count). The van der Waals surface area contributed by atoms with Gasteiger partial charge in [-0.3, -0.25) is 4.68 Å². The monoisotopic (exact) mass is 224 g/mol. The molecular formula is C12H24N4. The van der Waals surface area contributed by atoms with Crippen LogP contribution in [0.3, 0.4) is 0 Å². The molecule has 1 heterocycles. The Labute approximate surface area is 98.5 Å². The molecule has 1 atom stereocenters. The van der Waals surface area contributed by atoms with Crippen molar-refractivity contribution in [2.24, 2.45) is 18.4 Å². The fraction of sp³-hybridized carbons (Fsp3) is 0.833. The van der Waals surface area contributed by atoms with E-state index in [2.05, 4.69) is 43.1 Å². The second-order valence-electron chi connectivity index (χ2n) is 5.07. The van der Waals surface area contributed by atoms with Crippen molar-refractivity contribution in [1.82, 2.24) is 20.1 Å². The summed E-state index contributed by atoms with van der Waals surface area (Å²) in [5.41, 5.74) is 0.233. The van der Waals surface area contributed by atoms with Crippen molar-refractivity contribution in [2.75, 3.05) is 13.1 Å². The molecule has 0 saturated carbocycles. The summed E-state index contributed by atoms with van der Waals surface area (Å²) >= 11 is 0. The molecule has 4 heteroatoms. The molecule has 0 amide bonds. The summed E-state index contributed by atoms with van der Waals surface area (Å²) < 4.78 is 1.87. The molecule has 1 aromatic heterocycles. The summed E-state index contributed by atoms with van der Waals surface area (Å²) in [7, 11) is 1.95. The van der Waals surface area contributed by atoms with E-state index in [1.165, 1.54) is 0 Å².